The van der Waals surface area contributed by atoms with Crippen molar-refractivity contribution in [1.29, 1.82) is 0 Å². The average molecular weight is 468 g/mol. The number of para-hydroxylation sites is 1. The number of halogens is 1. The van der Waals surface area contributed by atoms with Crippen molar-refractivity contribution in [2.45, 2.75) is 6.92 Å². The molecule has 0 radical (unpaired) electrons. The summed E-state index contributed by atoms with van der Waals surface area (Å²) >= 11 is 7.94. The largest absolute Gasteiger partial charge is 0.338 e. The molecule has 2 aromatic carbocycles. The summed E-state index contributed by atoms with van der Waals surface area (Å²) in [6.07, 6.45) is -2.63. The van der Waals surface area contributed by atoms with E-state index in [2.05, 4.69) is 5.09 Å². The molecule has 1 aliphatic rings. The molecule has 0 saturated heterocycles. The minimum absolute atomic E-state index is 0.310. The number of aliphatic imine (C=N–C) groups is 1. The van der Waals surface area contributed by atoms with Crippen molar-refractivity contribution < 1.29 is 4.39 Å². The second kappa shape index (κ2) is 7.71. The van der Waals surface area contributed by atoms with Crippen LogP contribution in [-0.2, 0) is 11.8 Å². The number of nitrogens with one attached hydrogen (secondary N) is 1. The minimum atomic E-state index is -2.63. The van der Waals surface area contributed by atoms with Gasteiger partial charge in [0.15, 0.2) is 18.0 Å². The number of aromatic nitrogens is 2. The number of amidine groups is 1. The molecular weight excluding hydrogens is 448 g/mol. The van der Waals surface area contributed by atoms with Gasteiger partial charge in [-0.05, 0) is 60.5 Å². The van der Waals surface area contributed by atoms with Crippen molar-refractivity contribution >= 4 is 52.1 Å². The number of benzene rings is 2. The van der Waals surface area contributed by atoms with E-state index in [0.29, 0.717) is 5.69 Å². The molecule has 9 heteroatoms. The molecule has 156 valence electrons. The predicted molar refractivity (Wildman–Crippen MR) is 131 cm³/mol. The van der Waals surface area contributed by atoms with Gasteiger partial charge >= 0.3 is 0 Å². The monoisotopic (exact) mass is 467 g/mol. The standard InChI is InChI=1S/C22H19FN5PS2/c1-15-20-22(28(25-15)18-10-4-3-5-11-18)24-21(19-12-7-13-31-19)27(2)29(20,30)26-17-9-6-8-16(23)14-17/h3-14H,1-2H3,(H,26,30). The molecule has 0 aliphatic carbocycles. The number of hydrogen-bond acceptors (Lipinski definition) is 4. The first kappa shape index (κ1) is 20.1. The molecule has 0 fully saturated rings. The van der Waals surface area contributed by atoms with Gasteiger partial charge in [0.1, 0.15) is 5.82 Å². The van der Waals surface area contributed by atoms with Crippen molar-refractivity contribution in [2.75, 3.05) is 12.1 Å². The van der Waals surface area contributed by atoms with Crippen LogP contribution in [0, 0.1) is 12.7 Å². The summed E-state index contributed by atoms with van der Waals surface area (Å²) in [5, 5.41) is 11.2. The van der Waals surface area contributed by atoms with Crippen LogP contribution in [0.3, 0.4) is 0 Å². The molecule has 4 aromatic rings. The van der Waals surface area contributed by atoms with Crippen LogP contribution in [0.4, 0.5) is 15.9 Å². The highest BCUT2D eigenvalue weighted by Crippen LogP contribution is 2.54. The van der Waals surface area contributed by atoms with Crippen molar-refractivity contribution in [2.24, 2.45) is 4.99 Å². The Hall–Kier alpha value is -2.80. The number of thiophene rings is 1. The highest BCUT2D eigenvalue weighted by atomic mass is 32.4. The van der Waals surface area contributed by atoms with E-state index in [0.717, 1.165) is 33.2 Å². The summed E-state index contributed by atoms with van der Waals surface area (Å²) in [4.78, 5) is 6.04. The Morgan fingerprint density at radius 2 is 1.87 bits per heavy atom. The molecule has 1 atom stereocenters. The SMILES string of the molecule is Cc1nn(-c2ccccc2)c2c1P(=S)(Nc1cccc(F)c1)N(C)C(c1cccs1)=N2. The highest BCUT2D eigenvalue weighted by Gasteiger charge is 2.39. The normalized spacial score (nSPS) is 17.9. The predicted octanol–water partition coefficient (Wildman–Crippen LogP) is 5.45. The Morgan fingerprint density at radius 3 is 2.58 bits per heavy atom. The van der Waals surface area contributed by atoms with Gasteiger partial charge in [-0.25, -0.2) is 14.1 Å². The molecule has 2 aromatic heterocycles. The zero-order chi connectivity index (χ0) is 21.6. The lowest BCUT2D eigenvalue weighted by atomic mass is 10.3. The van der Waals surface area contributed by atoms with E-state index in [-0.39, 0.29) is 5.82 Å². The lowest BCUT2D eigenvalue weighted by Crippen LogP contribution is -2.36. The van der Waals surface area contributed by atoms with Gasteiger partial charge in [0.05, 0.1) is 21.6 Å². The van der Waals surface area contributed by atoms with Crippen LogP contribution in [-0.4, -0.2) is 27.3 Å². The molecule has 31 heavy (non-hydrogen) atoms. The van der Waals surface area contributed by atoms with Gasteiger partial charge in [0.2, 0.25) is 0 Å². The minimum Gasteiger partial charge on any atom is -0.338 e. The Balaban J connectivity index is 1.75. The van der Waals surface area contributed by atoms with Crippen LogP contribution < -0.4 is 10.4 Å². The first-order valence-corrected chi connectivity index (χ1v) is 13.3. The van der Waals surface area contributed by atoms with E-state index in [1.807, 2.05) is 77.2 Å². The number of aryl methyl sites for hydroxylation is 1. The second-order valence-electron chi connectivity index (χ2n) is 7.14. The smallest absolute Gasteiger partial charge is 0.170 e. The van der Waals surface area contributed by atoms with Gasteiger partial charge in [-0.15, -0.1) is 11.3 Å². The maximum atomic E-state index is 13.9. The van der Waals surface area contributed by atoms with Gasteiger partial charge in [-0.1, -0.05) is 30.3 Å². The number of fused-ring (bicyclic) bond motifs is 1. The third-order valence-electron chi connectivity index (χ3n) is 5.10. The van der Waals surface area contributed by atoms with Gasteiger partial charge < -0.3 is 9.76 Å². The maximum Gasteiger partial charge on any atom is 0.170 e. The van der Waals surface area contributed by atoms with E-state index in [4.69, 9.17) is 21.9 Å². The average Bonchev–Trinajstić information content (AvgIpc) is 3.40. The number of rotatable bonds is 4. The van der Waals surface area contributed by atoms with Crippen molar-refractivity contribution in [3.8, 4) is 5.69 Å². The van der Waals surface area contributed by atoms with Crippen LogP contribution in [0.25, 0.3) is 5.69 Å². The Kier molecular flexibility index (Phi) is 5.01. The summed E-state index contributed by atoms with van der Waals surface area (Å²) in [5.74, 6) is 1.19. The Labute approximate surface area is 189 Å². The van der Waals surface area contributed by atoms with E-state index in [1.165, 1.54) is 12.1 Å². The van der Waals surface area contributed by atoms with Crippen LogP contribution in [0.15, 0.2) is 77.1 Å². The van der Waals surface area contributed by atoms with Crippen LogP contribution >= 0.6 is 17.7 Å². The van der Waals surface area contributed by atoms with Crippen molar-refractivity contribution in [3.05, 3.63) is 88.5 Å². The molecule has 0 bridgehead atoms. The first-order chi connectivity index (χ1) is 15.0. The van der Waals surface area contributed by atoms with Crippen molar-refractivity contribution in [3.63, 3.8) is 0 Å². The Bertz CT molecular complexity index is 1330. The molecule has 1 aliphatic heterocycles. The molecule has 5 rings (SSSR count). The molecular formula is C22H19FN5PS2. The third-order valence-corrected chi connectivity index (χ3v) is 10.2. The number of anilines is 1. The quantitative estimate of drug-likeness (QED) is 0.406. The van der Waals surface area contributed by atoms with Gasteiger partial charge in [0, 0.05) is 12.7 Å². The number of nitrogens with zero attached hydrogens (tertiary/aromatic N) is 4. The van der Waals surface area contributed by atoms with Crippen LogP contribution in [0.2, 0.25) is 0 Å². The summed E-state index contributed by atoms with van der Waals surface area (Å²) in [7, 11) is 1.95. The molecule has 0 amide bonds. The lowest BCUT2D eigenvalue weighted by molar-refractivity contribution is 0.628. The van der Waals surface area contributed by atoms with E-state index < -0.39 is 6.34 Å². The second-order valence-corrected chi connectivity index (χ2v) is 12.1. The van der Waals surface area contributed by atoms with E-state index in [1.54, 1.807) is 17.4 Å². The fourth-order valence-corrected chi connectivity index (χ4v) is 8.03. The van der Waals surface area contributed by atoms with E-state index in [9.17, 15) is 4.39 Å². The molecule has 3 heterocycles. The summed E-state index contributed by atoms with van der Waals surface area (Å²) < 4.78 is 17.8. The summed E-state index contributed by atoms with van der Waals surface area (Å²) in [5.41, 5.74) is 2.37. The lowest BCUT2D eigenvalue weighted by Gasteiger charge is -2.38. The molecule has 0 saturated carbocycles. The summed E-state index contributed by atoms with van der Waals surface area (Å²) in [6.45, 7) is 1.95. The molecule has 1 N–H and O–H groups in total. The maximum absolute atomic E-state index is 13.9. The Morgan fingerprint density at radius 1 is 1.06 bits per heavy atom. The topological polar surface area (TPSA) is 45.5 Å². The van der Waals surface area contributed by atoms with Gasteiger partial charge in [-0.2, -0.15) is 5.10 Å². The fraction of sp³-hybridized carbons (Fsp3) is 0.0909. The van der Waals surface area contributed by atoms with E-state index >= 15 is 0 Å². The molecule has 0 spiro atoms. The third kappa shape index (κ3) is 3.41. The summed E-state index contributed by atoms with van der Waals surface area (Å²) in [6, 6.07) is 20.3. The first-order valence-electron chi connectivity index (χ1n) is 9.63. The van der Waals surface area contributed by atoms with Gasteiger partial charge in [0.25, 0.3) is 0 Å². The molecule has 1 unspecified atom stereocenters. The molecule has 5 nitrogen and oxygen atoms in total. The van der Waals surface area contributed by atoms with Crippen molar-refractivity contribution in [1.82, 2.24) is 14.5 Å². The van der Waals surface area contributed by atoms with Crippen LogP contribution in [0.5, 0.6) is 0 Å². The fourth-order valence-electron chi connectivity index (χ4n) is 3.65. The van der Waals surface area contributed by atoms with Crippen LogP contribution in [0.1, 0.15) is 10.6 Å². The van der Waals surface area contributed by atoms with Gasteiger partial charge in [-0.3, -0.25) is 0 Å². The zero-order valence-electron chi connectivity index (χ0n) is 16.9. The zero-order valence-corrected chi connectivity index (χ0v) is 19.4. The highest BCUT2D eigenvalue weighted by molar-refractivity contribution is 8.18. The number of hydrogen-bond donors (Lipinski definition) is 1.